The summed E-state index contributed by atoms with van der Waals surface area (Å²) in [5.41, 5.74) is -2.39. The molecule has 0 amide bonds. The van der Waals surface area contributed by atoms with Gasteiger partial charge in [0, 0.05) is 0 Å². The largest absolute Gasteiger partial charge is 0.464 e. The van der Waals surface area contributed by atoms with E-state index in [1.54, 1.807) is 62.4 Å². The topological polar surface area (TPSA) is 100 Å². The number of nitriles is 2. The van der Waals surface area contributed by atoms with Crippen molar-refractivity contribution in [1.82, 2.24) is 0 Å². The standard InChI is InChI=1S/C24H24N2O4/c1-5-29-21(27)23(15-25,19-11-7-17(3)8-12-19)24(16-26,22(28)30-6-2)20-13-9-18(4)10-14-20/h7-14H,5-6H2,1-4H3/t23-,24-/m0/s1. The van der Waals surface area contributed by atoms with Crippen LogP contribution in [0.4, 0.5) is 0 Å². The summed E-state index contributed by atoms with van der Waals surface area (Å²) in [5.74, 6) is -1.96. The molecule has 0 fully saturated rings. The number of benzene rings is 2. The van der Waals surface area contributed by atoms with E-state index >= 15 is 0 Å². The lowest BCUT2D eigenvalue weighted by molar-refractivity contribution is -0.160. The lowest BCUT2D eigenvalue weighted by Crippen LogP contribution is -2.58. The molecule has 2 aromatic rings. The molecule has 0 aliphatic carbocycles. The molecule has 0 aromatic heterocycles. The molecule has 2 atom stereocenters. The summed E-state index contributed by atoms with van der Waals surface area (Å²) in [7, 11) is 0. The molecule has 0 heterocycles. The second-order valence-electron chi connectivity index (χ2n) is 6.90. The zero-order valence-electron chi connectivity index (χ0n) is 17.6. The van der Waals surface area contributed by atoms with Crippen molar-refractivity contribution in [3.05, 3.63) is 70.8 Å². The molecule has 2 rings (SSSR count). The molecular weight excluding hydrogens is 380 g/mol. The average molecular weight is 404 g/mol. The highest BCUT2D eigenvalue weighted by atomic mass is 16.5. The molecule has 0 saturated carbocycles. The van der Waals surface area contributed by atoms with Crippen molar-refractivity contribution in [2.24, 2.45) is 0 Å². The van der Waals surface area contributed by atoms with Gasteiger partial charge in [0.2, 0.25) is 10.8 Å². The molecule has 0 N–H and O–H groups in total. The zero-order valence-corrected chi connectivity index (χ0v) is 17.6. The molecule has 0 saturated heterocycles. The first-order chi connectivity index (χ1) is 14.3. The van der Waals surface area contributed by atoms with E-state index in [2.05, 4.69) is 0 Å². The van der Waals surface area contributed by atoms with E-state index in [-0.39, 0.29) is 24.3 Å². The first-order valence-electron chi connectivity index (χ1n) is 9.65. The van der Waals surface area contributed by atoms with Gasteiger partial charge in [0.05, 0.1) is 25.4 Å². The first kappa shape index (κ1) is 22.6. The predicted octanol–water partition coefficient (Wildman–Crippen LogP) is 3.65. The minimum atomic E-state index is -2.27. The lowest BCUT2D eigenvalue weighted by Gasteiger charge is -2.38. The average Bonchev–Trinajstić information content (AvgIpc) is 2.74. The number of hydrogen-bond acceptors (Lipinski definition) is 6. The summed E-state index contributed by atoms with van der Waals surface area (Å²) >= 11 is 0. The number of hydrogen-bond donors (Lipinski definition) is 0. The van der Waals surface area contributed by atoms with Gasteiger partial charge in [-0.2, -0.15) is 10.5 Å². The van der Waals surface area contributed by atoms with Crippen LogP contribution in [0.15, 0.2) is 48.5 Å². The second-order valence-corrected chi connectivity index (χ2v) is 6.90. The van der Waals surface area contributed by atoms with Crippen molar-refractivity contribution < 1.29 is 19.1 Å². The Kier molecular flexibility index (Phi) is 6.97. The van der Waals surface area contributed by atoms with E-state index in [9.17, 15) is 20.1 Å². The third-order valence-electron chi connectivity index (χ3n) is 5.03. The Morgan fingerprint density at radius 2 is 1.03 bits per heavy atom. The monoisotopic (exact) mass is 404 g/mol. The molecule has 0 radical (unpaired) electrons. The SMILES string of the molecule is CCOC(=O)[C@](C#N)(c1ccc(C)cc1)[C@](C#N)(C(=O)OCC)c1ccc(C)cc1. The van der Waals surface area contributed by atoms with Crippen LogP contribution in [0, 0.1) is 36.5 Å². The first-order valence-corrected chi connectivity index (χ1v) is 9.65. The molecule has 0 unspecified atom stereocenters. The van der Waals surface area contributed by atoms with Crippen LogP contribution in [-0.4, -0.2) is 25.2 Å². The summed E-state index contributed by atoms with van der Waals surface area (Å²) in [6.07, 6.45) is 0. The van der Waals surface area contributed by atoms with Crippen LogP contribution in [-0.2, 0) is 29.9 Å². The summed E-state index contributed by atoms with van der Waals surface area (Å²) < 4.78 is 10.5. The summed E-state index contributed by atoms with van der Waals surface area (Å²) in [6, 6.07) is 17.1. The van der Waals surface area contributed by atoms with Crippen molar-refractivity contribution in [3.8, 4) is 12.1 Å². The normalized spacial score (nSPS) is 14.3. The van der Waals surface area contributed by atoms with Gasteiger partial charge in [-0.25, -0.2) is 9.59 Å². The van der Waals surface area contributed by atoms with Crippen molar-refractivity contribution >= 4 is 11.9 Å². The third kappa shape index (κ3) is 3.53. The fraction of sp³-hybridized carbons (Fsp3) is 0.333. The Balaban J connectivity index is 3.01. The molecule has 0 spiro atoms. The number of esters is 2. The van der Waals surface area contributed by atoms with Crippen LogP contribution >= 0.6 is 0 Å². The van der Waals surface area contributed by atoms with E-state index < -0.39 is 22.8 Å². The molecule has 0 bridgehead atoms. The van der Waals surface area contributed by atoms with Gasteiger partial charge in [-0.05, 0) is 38.8 Å². The van der Waals surface area contributed by atoms with Crippen LogP contribution in [0.25, 0.3) is 0 Å². The second kappa shape index (κ2) is 9.24. The molecular formula is C24H24N2O4. The minimum Gasteiger partial charge on any atom is -0.464 e. The van der Waals surface area contributed by atoms with Crippen LogP contribution in [0.2, 0.25) is 0 Å². The molecule has 0 aliphatic rings. The zero-order chi connectivity index (χ0) is 22.4. The van der Waals surface area contributed by atoms with Crippen molar-refractivity contribution in [2.75, 3.05) is 13.2 Å². The lowest BCUT2D eigenvalue weighted by atomic mass is 9.57. The van der Waals surface area contributed by atoms with Gasteiger partial charge in [0.15, 0.2) is 0 Å². The molecule has 154 valence electrons. The van der Waals surface area contributed by atoms with Gasteiger partial charge in [-0.3, -0.25) is 0 Å². The molecule has 0 aliphatic heterocycles. The van der Waals surface area contributed by atoms with Gasteiger partial charge < -0.3 is 9.47 Å². The highest BCUT2D eigenvalue weighted by Gasteiger charge is 2.67. The number of nitrogens with zero attached hydrogens (tertiary/aromatic N) is 2. The van der Waals surface area contributed by atoms with Gasteiger partial charge in [0.25, 0.3) is 0 Å². The van der Waals surface area contributed by atoms with E-state index in [0.29, 0.717) is 0 Å². The highest BCUT2D eigenvalue weighted by Crippen LogP contribution is 2.46. The Morgan fingerprint density at radius 3 is 1.27 bits per heavy atom. The Labute approximate surface area is 176 Å². The maximum absolute atomic E-state index is 13.3. The predicted molar refractivity (Wildman–Crippen MR) is 110 cm³/mol. The van der Waals surface area contributed by atoms with Gasteiger partial charge in [-0.15, -0.1) is 0 Å². The van der Waals surface area contributed by atoms with Crippen LogP contribution < -0.4 is 0 Å². The number of aryl methyl sites for hydroxylation is 2. The van der Waals surface area contributed by atoms with E-state index in [0.717, 1.165) is 11.1 Å². The van der Waals surface area contributed by atoms with Crippen LogP contribution in [0.1, 0.15) is 36.1 Å². The minimum absolute atomic E-state index is 0.0215. The maximum atomic E-state index is 13.3. The molecule has 6 heteroatoms. The van der Waals surface area contributed by atoms with E-state index in [4.69, 9.17) is 9.47 Å². The fourth-order valence-corrected chi connectivity index (χ4v) is 3.45. The number of ether oxygens (including phenoxy) is 2. The highest BCUT2D eigenvalue weighted by molar-refractivity contribution is 6.02. The van der Waals surface area contributed by atoms with Gasteiger partial charge >= 0.3 is 11.9 Å². The van der Waals surface area contributed by atoms with Gasteiger partial charge in [-0.1, -0.05) is 59.7 Å². The van der Waals surface area contributed by atoms with Gasteiger partial charge in [0.1, 0.15) is 0 Å². The molecule has 2 aromatic carbocycles. The Hall–Kier alpha value is -3.64. The smallest absolute Gasteiger partial charge is 0.333 e. The quantitative estimate of drug-likeness (QED) is 0.653. The molecule has 6 nitrogen and oxygen atoms in total. The van der Waals surface area contributed by atoms with Crippen LogP contribution in [0.3, 0.4) is 0 Å². The van der Waals surface area contributed by atoms with E-state index in [1.165, 1.54) is 0 Å². The van der Waals surface area contributed by atoms with Crippen LogP contribution in [0.5, 0.6) is 0 Å². The maximum Gasteiger partial charge on any atom is 0.333 e. The number of carbonyl (C=O) groups is 2. The fourth-order valence-electron chi connectivity index (χ4n) is 3.45. The van der Waals surface area contributed by atoms with Crippen molar-refractivity contribution in [2.45, 2.75) is 38.5 Å². The third-order valence-corrected chi connectivity index (χ3v) is 5.03. The molecule has 30 heavy (non-hydrogen) atoms. The Bertz CT molecular complexity index is 916. The summed E-state index contributed by atoms with van der Waals surface area (Å²) in [5, 5.41) is 20.8. The summed E-state index contributed by atoms with van der Waals surface area (Å²) in [6.45, 7) is 6.85. The van der Waals surface area contributed by atoms with Crippen molar-refractivity contribution in [3.63, 3.8) is 0 Å². The number of carbonyl (C=O) groups excluding carboxylic acids is 2. The summed E-state index contributed by atoms with van der Waals surface area (Å²) in [4.78, 5) is 26.7. The van der Waals surface area contributed by atoms with Crippen molar-refractivity contribution in [1.29, 1.82) is 10.5 Å². The van der Waals surface area contributed by atoms with E-state index in [1.807, 2.05) is 26.0 Å². The number of rotatable bonds is 7. The Morgan fingerprint density at radius 1 is 0.733 bits per heavy atom.